The first-order valence-electron chi connectivity index (χ1n) is 11.2. The van der Waals surface area contributed by atoms with E-state index in [0.29, 0.717) is 5.75 Å². The van der Waals surface area contributed by atoms with Crippen LogP contribution in [0.3, 0.4) is 0 Å². The van der Waals surface area contributed by atoms with Gasteiger partial charge in [0.25, 0.3) is 0 Å². The molecule has 0 aliphatic heterocycles. The molecule has 0 radical (unpaired) electrons. The summed E-state index contributed by atoms with van der Waals surface area (Å²) in [6, 6.07) is 7.84. The normalized spacial score (nSPS) is 13.4. The summed E-state index contributed by atoms with van der Waals surface area (Å²) in [5.41, 5.74) is 7.15. The van der Waals surface area contributed by atoms with E-state index in [2.05, 4.69) is 22.2 Å². The van der Waals surface area contributed by atoms with Crippen LogP contribution < -0.4 is 5.32 Å². The van der Waals surface area contributed by atoms with Gasteiger partial charge in [0.15, 0.2) is 0 Å². The number of benzene rings is 1. The van der Waals surface area contributed by atoms with Crippen molar-refractivity contribution >= 4 is 55.1 Å². The number of aromatic nitrogens is 3. The molecule has 1 aromatic carbocycles. The Morgan fingerprint density at radius 1 is 1.12 bits per heavy atom. The zero-order chi connectivity index (χ0) is 22.1. The Morgan fingerprint density at radius 2 is 1.91 bits per heavy atom. The van der Waals surface area contributed by atoms with Crippen molar-refractivity contribution in [3.63, 3.8) is 0 Å². The molecule has 0 saturated heterocycles. The highest BCUT2D eigenvalue weighted by Crippen LogP contribution is 2.41. The number of thiophene rings is 1. The molecular formula is C25H26N4OS2. The zero-order valence-electron chi connectivity index (χ0n) is 18.4. The SMILES string of the molecule is CCCc1nc2sc3c(SCC(=O)Nc4ccc(C)cc4)ncnc3c2c2c1CCCC2. The molecule has 4 aromatic rings. The van der Waals surface area contributed by atoms with Crippen molar-refractivity contribution in [1.29, 1.82) is 0 Å². The third-order valence-electron chi connectivity index (χ3n) is 5.94. The Hall–Kier alpha value is -2.51. The summed E-state index contributed by atoms with van der Waals surface area (Å²) in [6.07, 6.45) is 8.45. The molecule has 0 atom stereocenters. The van der Waals surface area contributed by atoms with Crippen LogP contribution in [0.4, 0.5) is 5.69 Å². The van der Waals surface area contributed by atoms with Gasteiger partial charge in [-0.25, -0.2) is 15.0 Å². The average molecular weight is 463 g/mol. The molecule has 0 bridgehead atoms. The minimum absolute atomic E-state index is 0.0348. The standard InChI is InChI=1S/C25H26N4OS2/c1-3-6-19-17-7-4-5-8-18(17)21-22-23(32-24(21)29-19)25(27-14-26-22)31-13-20(30)28-16-11-9-15(2)10-12-16/h9-12,14H,3-8,13H2,1-2H3,(H,28,30). The van der Waals surface area contributed by atoms with Crippen LogP contribution in [0.15, 0.2) is 35.6 Å². The molecule has 1 aliphatic carbocycles. The van der Waals surface area contributed by atoms with Crippen molar-refractivity contribution < 1.29 is 4.79 Å². The number of carbonyl (C=O) groups is 1. The van der Waals surface area contributed by atoms with Gasteiger partial charge in [-0.15, -0.1) is 11.3 Å². The number of anilines is 1. The molecule has 32 heavy (non-hydrogen) atoms. The molecule has 0 saturated carbocycles. The van der Waals surface area contributed by atoms with E-state index in [0.717, 1.165) is 51.4 Å². The van der Waals surface area contributed by atoms with E-state index in [1.165, 1.54) is 52.4 Å². The predicted molar refractivity (Wildman–Crippen MR) is 134 cm³/mol. The minimum atomic E-state index is -0.0348. The molecule has 0 spiro atoms. The van der Waals surface area contributed by atoms with Crippen LogP contribution in [0, 0.1) is 6.92 Å². The van der Waals surface area contributed by atoms with Crippen LogP contribution in [-0.2, 0) is 24.1 Å². The van der Waals surface area contributed by atoms with E-state index in [1.807, 2.05) is 31.2 Å². The summed E-state index contributed by atoms with van der Waals surface area (Å²) in [7, 11) is 0. The lowest BCUT2D eigenvalue weighted by Gasteiger charge is -2.19. The lowest BCUT2D eigenvalue weighted by molar-refractivity contribution is -0.113. The highest BCUT2D eigenvalue weighted by molar-refractivity contribution is 8.00. The Bertz CT molecular complexity index is 1300. The van der Waals surface area contributed by atoms with Gasteiger partial charge in [-0.1, -0.05) is 42.8 Å². The summed E-state index contributed by atoms with van der Waals surface area (Å²) in [4.78, 5) is 27.8. The van der Waals surface area contributed by atoms with Gasteiger partial charge in [0.1, 0.15) is 16.2 Å². The van der Waals surface area contributed by atoms with Crippen LogP contribution >= 0.6 is 23.1 Å². The van der Waals surface area contributed by atoms with Gasteiger partial charge in [0, 0.05) is 16.8 Å². The number of carbonyl (C=O) groups excluding carboxylic acids is 1. The van der Waals surface area contributed by atoms with Crippen molar-refractivity contribution in [2.24, 2.45) is 0 Å². The molecule has 164 valence electrons. The third kappa shape index (κ3) is 4.11. The topological polar surface area (TPSA) is 67.8 Å². The molecule has 5 rings (SSSR count). The van der Waals surface area contributed by atoms with Gasteiger partial charge in [-0.2, -0.15) is 0 Å². The van der Waals surface area contributed by atoms with Gasteiger partial charge in [-0.05, 0) is 62.3 Å². The fourth-order valence-electron chi connectivity index (χ4n) is 4.43. The van der Waals surface area contributed by atoms with Crippen molar-refractivity contribution in [2.75, 3.05) is 11.1 Å². The second-order valence-corrected chi connectivity index (χ2v) is 10.3. The number of amides is 1. The van der Waals surface area contributed by atoms with E-state index in [-0.39, 0.29) is 5.91 Å². The number of hydrogen-bond acceptors (Lipinski definition) is 6. The van der Waals surface area contributed by atoms with Crippen molar-refractivity contribution in [2.45, 2.75) is 57.4 Å². The summed E-state index contributed by atoms with van der Waals surface area (Å²) < 4.78 is 1.05. The Morgan fingerprint density at radius 3 is 2.69 bits per heavy atom. The third-order valence-corrected chi connectivity index (χ3v) is 8.14. The van der Waals surface area contributed by atoms with Gasteiger partial charge in [0.2, 0.25) is 5.91 Å². The largest absolute Gasteiger partial charge is 0.325 e. The first kappa shape index (κ1) is 21.3. The molecule has 0 fully saturated rings. The number of fused-ring (bicyclic) bond motifs is 5. The second kappa shape index (κ2) is 9.16. The lowest BCUT2D eigenvalue weighted by atomic mass is 9.88. The lowest BCUT2D eigenvalue weighted by Crippen LogP contribution is -2.14. The maximum Gasteiger partial charge on any atom is 0.234 e. The number of thioether (sulfide) groups is 1. The Balaban J connectivity index is 1.46. The molecule has 3 heterocycles. The second-order valence-electron chi connectivity index (χ2n) is 8.31. The highest BCUT2D eigenvalue weighted by atomic mass is 32.2. The molecule has 1 N–H and O–H groups in total. The van der Waals surface area contributed by atoms with E-state index in [9.17, 15) is 4.79 Å². The Labute approximate surface area is 196 Å². The Kier molecular flexibility index (Phi) is 6.11. The van der Waals surface area contributed by atoms with Gasteiger partial charge in [0.05, 0.1) is 16.0 Å². The fourth-order valence-corrected chi connectivity index (χ4v) is 6.49. The molecule has 1 aliphatic rings. The minimum Gasteiger partial charge on any atom is -0.325 e. The molecule has 3 aromatic heterocycles. The molecule has 0 unspecified atom stereocenters. The van der Waals surface area contributed by atoms with Gasteiger partial charge >= 0.3 is 0 Å². The zero-order valence-corrected chi connectivity index (χ0v) is 20.0. The first-order chi connectivity index (χ1) is 15.6. The van der Waals surface area contributed by atoms with Crippen LogP contribution in [0.25, 0.3) is 20.4 Å². The summed E-state index contributed by atoms with van der Waals surface area (Å²) in [5, 5.41) is 5.04. The van der Waals surface area contributed by atoms with E-state index < -0.39 is 0 Å². The monoisotopic (exact) mass is 462 g/mol. The predicted octanol–water partition coefficient (Wildman–Crippen LogP) is 6.11. The number of pyridine rings is 1. The van der Waals surface area contributed by atoms with Crippen molar-refractivity contribution in [1.82, 2.24) is 15.0 Å². The van der Waals surface area contributed by atoms with E-state index in [1.54, 1.807) is 17.7 Å². The molecule has 5 nitrogen and oxygen atoms in total. The number of nitrogens with one attached hydrogen (secondary N) is 1. The smallest absolute Gasteiger partial charge is 0.234 e. The van der Waals surface area contributed by atoms with Crippen LogP contribution in [0.1, 0.15) is 48.6 Å². The number of rotatable bonds is 6. The number of nitrogens with zero attached hydrogens (tertiary/aromatic N) is 3. The van der Waals surface area contributed by atoms with Crippen LogP contribution in [0.2, 0.25) is 0 Å². The number of aryl methyl sites for hydroxylation is 3. The van der Waals surface area contributed by atoms with Gasteiger partial charge < -0.3 is 5.32 Å². The van der Waals surface area contributed by atoms with Crippen LogP contribution in [0.5, 0.6) is 0 Å². The summed E-state index contributed by atoms with van der Waals surface area (Å²) >= 11 is 3.14. The van der Waals surface area contributed by atoms with Crippen molar-refractivity contribution in [3.05, 3.63) is 53.0 Å². The molecular weight excluding hydrogens is 436 g/mol. The summed E-state index contributed by atoms with van der Waals surface area (Å²) in [6.45, 7) is 4.25. The first-order valence-corrected chi connectivity index (χ1v) is 13.0. The van der Waals surface area contributed by atoms with Crippen LogP contribution in [-0.4, -0.2) is 26.6 Å². The van der Waals surface area contributed by atoms with E-state index >= 15 is 0 Å². The number of hydrogen-bond donors (Lipinski definition) is 1. The van der Waals surface area contributed by atoms with Crippen molar-refractivity contribution in [3.8, 4) is 0 Å². The van der Waals surface area contributed by atoms with E-state index in [4.69, 9.17) is 4.98 Å². The molecule has 1 amide bonds. The maximum atomic E-state index is 12.5. The summed E-state index contributed by atoms with van der Waals surface area (Å²) in [5.74, 6) is 0.272. The fraction of sp³-hybridized carbons (Fsp3) is 0.360. The maximum absolute atomic E-state index is 12.5. The van der Waals surface area contributed by atoms with Gasteiger partial charge in [-0.3, -0.25) is 4.79 Å². The average Bonchev–Trinajstić information content (AvgIpc) is 3.19. The highest BCUT2D eigenvalue weighted by Gasteiger charge is 2.23. The molecule has 7 heteroatoms. The quantitative estimate of drug-likeness (QED) is 0.277.